The Morgan fingerprint density at radius 3 is 2.50 bits per heavy atom. The third kappa shape index (κ3) is 2.76. The lowest BCUT2D eigenvalue weighted by atomic mass is 10.1. The molecule has 0 saturated heterocycles. The topological polar surface area (TPSA) is 29.5 Å². The number of hydrogen-bond donors (Lipinski definition) is 1. The molecular formula is C10H20O2. The summed E-state index contributed by atoms with van der Waals surface area (Å²) in [6.07, 6.45) is 4.35. The van der Waals surface area contributed by atoms with Crippen molar-refractivity contribution < 1.29 is 9.84 Å². The molecule has 0 aromatic carbocycles. The Labute approximate surface area is 74.9 Å². The van der Waals surface area contributed by atoms with Gasteiger partial charge in [0.05, 0.1) is 12.2 Å². The molecule has 2 heteroatoms. The van der Waals surface area contributed by atoms with Crippen LogP contribution in [-0.4, -0.2) is 23.9 Å². The lowest BCUT2D eigenvalue weighted by Gasteiger charge is -2.21. The molecule has 1 rings (SSSR count). The van der Waals surface area contributed by atoms with Gasteiger partial charge in [-0.3, -0.25) is 0 Å². The summed E-state index contributed by atoms with van der Waals surface area (Å²) in [4.78, 5) is 0. The molecule has 1 aliphatic rings. The van der Waals surface area contributed by atoms with Crippen LogP contribution in [0, 0.1) is 5.92 Å². The highest BCUT2D eigenvalue weighted by atomic mass is 16.5. The zero-order valence-electron chi connectivity index (χ0n) is 8.12. The van der Waals surface area contributed by atoms with Crippen LogP contribution in [0.25, 0.3) is 0 Å². The van der Waals surface area contributed by atoms with E-state index in [1.165, 1.54) is 12.8 Å². The molecule has 72 valence electrons. The quantitative estimate of drug-likeness (QED) is 0.663. The molecule has 0 aliphatic heterocycles. The maximum Gasteiger partial charge on any atom is 0.0836 e. The molecule has 0 bridgehead atoms. The first-order valence-corrected chi connectivity index (χ1v) is 5.09. The van der Waals surface area contributed by atoms with E-state index in [2.05, 4.69) is 6.92 Å². The van der Waals surface area contributed by atoms with Gasteiger partial charge in [0.1, 0.15) is 0 Å². The van der Waals surface area contributed by atoms with E-state index in [-0.39, 0.29) is 12.2 Å². The van der Waals surface area contributed by atoms with Crippen molar-refractivity contribution in [1.82, 2.24) is 0 Å². The number of rotatable bonds is 6. The van der Waals surface area contributed by atoms with Crippen LogP contribution in [0.5, 0.6) is 0 Å². The van der Waals surface area contributed by atoms with Gasteiger partial charge in [0.25, 0.3) is 0 Å². The molecule has 1 saturated carbocycles. The molecule has 2 nitrogen and oxygen atoms in total. The smallest absolute Gasteiger partial charge is 0.0836 e. The van der Waals surface area contributed by atoms with Crippen molar-refractivity contribution in [3.05, 3.63) is 0 Å². The van der Waals surface area contributed by atoms with Crippen molar-refractivity contribution in [1.29, 1.82) is 0 Å². The summed E-state index contributed by atoms with van der Waals surface area (Å²) in [5, 5.41) is 9.79. The number of aliphatic hydroxyl groups is 1. The Morgan fingerprint density at radius 2 is 2.08 bits per heavy atom. The van der Waals surface area contributed by atoms with Gasteiger partial charge in [-0.25, -0.2) is 0 Å². The van der Waals surface area contributed by atoms with E-state index in [1.807, 2.05) is 6.92 Å². The van der Waals surface area contributed by atoms with Crippen LogP contribution < -0.4 is 0 Å². The van der Waals surface area contributed by atoms with Crippen LogP contribution in [0.2, 0.25) is 0 Å². The summed E-state index contributed by atoms with van der Waals surface area (Å²) in [6.45, 7) is 4.84. The third-order valence-corrected chi connectivity index (χ3v) is 2.44. The second kappa shape index (κ2) is 4.83. The molecule has 1 aliphatic carbocycles. The van der Waals surface area contributed by atoms with Gasteiger partial charge in [-0.1, -0.05) is 13.3 Å². The predicted molar refractivity (Wildman–Crippen MR) is 49.1 cm³/mol. The van der Waals surface area contributed by atoms with Crippen molar-refractivity contribution in [3.63, 3.8) is 0 Å². The molecule has 12 heavy (non-hydrogen) atoms. The number of ether oxygens (including phenoxy) is 1. The normalized spacial score (nSPS) is 22.2. The Bertz CT molecular complexity index is 115. The van der Waals surface area contributed by atoms with Gasteiger partial charge in [-0.15, -0.1) is 0 Å². The van der Waals surface area contributed by atoms with Crippen LogP contribution in [0.4, 0.5) is 0 Å². The minimum Gasteiger partial charge on any atom is -0.390 e. The Morgan fingerprint density at radius 1 is 1.42 bits per heavy atom. The average Bonchev–Trinajstić information content (AvgIpc) is 2.85. The summed E-state index contributed by atoms with van der Waals surface area (Å²) in [7, 11) is 0. The second-order valence-electron chi connectivity index (χ2n) is 3.61. The van der Waals surface area contributed by atoms with Gasteiger partial charge < -0.3 is 9.84 Å². The van der Waals surface area contributed by atoms with Crippen molar-refractivity contribution >= 4 is 0 Å². The highest BCUT2D eigenvalue weighted by Gasteiger charge is 2.35. The minimum absolute atomic E-state index is 0.0903. The molecule has 1 fully saturated rings. The molecular weight excluding hydrogens is 152 g/mol. The summed E-state index contributed by atoms with van der Waals surface area (Å²) in [5.41, 5.74) is 0. The lowest BCUT2D eigenvalue weighted by Crippen LogP contribution is -2.30. The first-order valence-electron chi connectivity index (χ1n) is 5.09. The Kier molecular flexibility index (Phi) is 4.02. The van der Waals surface area contributed by atoms with Crippen molar-refractivity contribution in [2.45, 2.75) is 51.7 Å². The average molecular weight is 172 g/mol. The van der Waals surface area contributed by atoms with Gasteiger partial charge in [0.2, 0.25) is 0 Å². The van der Waals surface area contributed by atoms with Crippen LogP contribution >= 0.6 is 0 Å². The summed E-state index contributed by atoms with van der Waals surface area (Å²) in [5.74, 6) is 0.535. The van der Waals surface area contributed by atoms with E-state index in [0.717, 1.165) is 12.8 Å². The van der Waals surface area contributed by atoms with Gasteiger partial charge in [0.15, 0.2) is 0 Å². The fourth-order valence-electron chi connectivity index (χ4n) is 1.59. The van der Waals surface area contributed by atoms with E-state index in [4.69, 9.17) is 4.74 Å². The van der Waals surface area contributed by atoms with Crippen molar-refractivity contribution in [2.75, 3.05) is 6.61 Å². The fourth-order valence-corrected chi connectivity index (χ4v) is 1.59. The highest BCUT2D eigenvalue weighted by molar-refractivity contribution is 4.85. The second-order valence-corrected chi connectivity index (χ2v) is 3.61. The van der Waals surface area contributed by atoms with Gasteiger partial charge >= 0.3 is 0 Å². The highest BCUT2D eigenvalue weighted by Crippen LogP contribution is 2.35. The molecule has 0 aromatic heterocycles. The number of hydrogen-bond acceptors (Lipinski definition) is 2. The van der Waals surface area contributed by atoms with E-state index >= 15 is 0 Å². The minimum atomic E-state index is -0.204. The zero-order chi connectivity index (χ0) is 8.97. The SMILES string of the molecule is CCCC(OCC)C(O)C1CC1. The van der Waals surface area contributed by atoms with Crippen LogP contribution in [0.1, 0.15) is 39.5 Å². The van der Waals surface area contributed by atoms with Crippen LogP contribution in [0.15, 0.2) is 0 Å². The summed E-state index contributed by atoms with van der Waals surface area (Å²) in [6, 6.07) is 0. The predicted octanol–water partition coefficient (Wildman–Crippen LogP) is 1.96. The lowest BCUT2D eigenvalue weighted by molar-refractivity contribution is -0.0460. The zero-order valence-corrected chi connectivity index (χ0v) is 8.12. The van der Waals surface area contributed by atoms with Crippen LogP contribution in [-0.2, 0) is 4.74 Å². The van der Waals surface area contributed by atoms with Crippen molar-refractivity contribution in [3.8, 4) is 0 Å². The monoisotopic (exact) mass is 172 g/mol. The molecule has 1 N–H and O–H groups in total. The maximum absolute atomic E-state index is 9.79. The third-order valence-electron chi connectivity index (χ3n) is 2.44. The van der Waals surface area contributed by atoms with Gasteiger partial charge in [0, 0.05) is 6.61 Å². The van der Waals surface area contributed by atoms with E-state index in [0.29, 0.717) is 12.5 Å². The number of aliphatic hydroxyl groups excluding tert-OH is 1. The molecule has 2 atom stereocenters. The van der Waals surface area contributed by atoms with Gasteiger partial charge in [-0.2, -0.15) is 0 Å². The molecule has 0 heterocycles. The molecule has 0 amide bonds. The molecule has 0 radical (unpaired) electrons. The first-order chi connectivity index (χ1) is 5.79. The summed E-state index contributed by atoms with van der Waals surface area (Å²) < 4.78 is 5.50. The fraction of sp³-hybridized carbons (Fsp3) is 1.00. The molecule has 0 spiro atoms. The maximum atomic E-state index is 9.79. The Hall–Kier alpha value is -0.0800. The molecule has 0 aromatic rings. The first kappa shape index (κ1) is 10.0. The van der Waals surface area contributed by atoms with Crippen LogP contribution in [0.3, 0.4) is 0 Å². The van der Waals surface area contributed by atoms with Gasteiger partial charge in [-0.05, 0) is 32.1 Å². The van der Waals surface area contributed by atoms with E-state index in [1.54, 1.807) is 0 Å². The largest absolute Gasteiger partial charge is 0.390 e. The summed E-state index contributed by atoms with van der Waals surface area (Å²) >= 11 is 0. The standard InChI is InChI=1S/C10H20O2/c1-3-5-9(12-4-2)10(11)8-6-7-8/h8-11H,3-7H2,1-2H3. The Balaban J connectivity index is 2.28. The molecule has 2 unspecified atom stereocenters. The van der Waals surface area contributed by atoms with E-state index in [9.17, 15) is 5.11 Å². The van der Waals surface area contributed by atoms with E-state index < -0.39 is 0 Å². The van der Waals surface area contributed by atoms with Crippen molar-refractivity contribution in [2.24, 2.45) is 5.92 Å².